The molecule has 2 atom stereocenters. The average molecular weight is 561 g/mol. The highest BCUT2D eigenvalue weighted by Crippen LogP contribution is 2.43. The van der Waals surface area contributed by atoms with Crippen molar-refractivity contribution in [3.8, 4) is 0 Å². The van der Waals surface area contributed by atoms with Gasteiger partial charge in [-0.25, -0.2) is 9.59 Å². The Kier molecular flexibility index (Phi) is 11.7. The minimum atomic E-state index is -1.09. The molecule has 0 saturated carbocycles. The standard InChI is InChI=1S/C28H36N2O6S2/c1-15(2)13-21(27(33)34)29-25(31)19-11-7-9-17(5)23(19)37-38-24-18(6)10-8-12-20(24)26(32)30-22(28(35)36)14-16(3)4/h7-12,15-16,21-22H,13-14H2,1-6H3,(H,29,31)(H,30,32)(H,33,34)(H,35,36)/t21-,22-/m0/s1. The fourth-order valence-electron chi connectivity index (χ4n) is 3.82. The molecule has 0 aliphatic rings. The number of hydrogen-bond donors (Lipinski definition) is 4. The predicted molar refractivity (Wildman–Crippen MR) is 151 cm³/mol. The monoisotopic (exact) mass is 560 g/mol. The summed E-state index contributed by atoms with van der Waals surface area (Å²) < 4.78 is 0. The molecule has 0 fully saturated rings. The first-order chi connectivity index (χ1) is 17.8. The smallest absolute Gasteiger partial charge is 0.326 e. The van der Waals surface area contributed by atoms with Crippen molar-refractivity contribution in [1.82, 2.24) is 10.6 Å². The van der Waals surface area contributed by atoms with Crippen LogP contribution in [0.4, 0.5) is 0 Å². The maximum atomic E-state index is 13.1. The van der Waals surface area contributed by atoms with E-state index >= 15 is 0 Å². The molecule has 0 aliphatic carbocycles. The molecule has 0 spiro atoms. The lowest BCUT2D eigenvalue weighted by molar-refractivity contribution is -0.140. The van der Waals surface area contributed by atoms with Crippen molar-refractivity contribution >= 4 is 45.3 Å². The van der Waals surface area contributed by atoms with Crippen LogP contribution in [0, 0.1) is 25.7 Å². The molecule has 0 aromatic heterocycles. The lowest BCUT2D eigenvalue weighted by Gasteiger charge is -2.19. The van der Waals surface area contributed by atoms with Crippen LogP contribution < -0.4 is 10.6 Å². The van der Waals surface area contributed by atoms with Gasteiger partial charge in [-0.3, -0.25) is 9.59 Å². The SMILES string of the molecule is Cc1cccc(C(=O)N[C@@H](CC(C)C)C(=O)O)c1SSc1c(C)cccc1C(=O)N[C@@H](CC(C)C)C(=O)O. The number of rotatable bonds is 13. The van der Waals surface area contributed by atoms with E-state index in [9.17, 15) is 29.4 Å². The minimum Gasteiger partial charge on any atom is -0.480 e. The number of hydrogen-bond acceptors (Lipinski definition) is 6. The van der Waals surface area contributed by atoms with Gasteiger partial charge in [0.2, 0.25) is 0 Å². The lowest BCUT2D eigenvalue weighted by Crippen LogP contribution is -2.41. The van der Waals surface area contributed by atoms with Gasteiger partial charge in [0.15, 0.2) is 0 Å². The summed E-state index contributed by atoms with van der Waals surface area (Å²) in [5, 5.41) is 24.4. The Labute approximate surface area is 231 Å². The highest BCUT2D eigenvalue weighted by molar-refractivity contribution is 8.76. The number of carboxylic acids is 2. The van der Waals surface area contributed by atoms with Crippen LogP contribution in [0.3, 0.4) is 0 Å². The van der Waals surface area contributed by atoms with Gasteiger partial charge in [0.05, 0.1) is 11.1 Å². The molecule has 2 aromatic rings. The molecule has 206 valence electrons. The Hall–Kier alpha value is -2.98. The molecule has 0 heterocycles. The number of carbonyl (C=O) groups is 4. The van der Waals surface area contributed by atoms with Gasteiger partial charge in [0.25, 0.3) is 11.8 Å². The number of benzene rings is 2. The van der Waals surface area contributed by atoms with Gasteiger partial charge in [-0.15, -0.1) is 0 Å². The number of aliphatic carboxylic acids is 2. The van der Waals surface area contributed by atoms with Crippen LogP contribution in [0.1, 0.15) is 72.4 Å². The summed E-state index contributed by atoms with van der Waals surface area (Å²) in [6.07, 6.45) is 0.611. The van der Waals surface area contributed by atoms with E-state index in [1.807, 2.05) is 53.7 Å². The number of carboxylic acid groups (broad SMARTS) is 2. The van der Waals surface area contributed by atoms with Crippen molar-refractivity contribution in [3.63, 3.8) is 0 Å². The van der Waals surface area contributed by atoms with Gasteiger partial charge in [0.1, 0.15) is 12.1 Å². The van der Waals surface area contributed by atoms with Crippen molar-refractivity contribution in [2.24, 2.45) is 11.8 Å². The lowest BCUT2D eigenvalue weighted by atomic mass is 10.0. The Bertz CT molecular complexity index is 1090. The molecule has 8 nitrogen and oxygen atoms in total. The van der Waals surface area contributed by atoms with Crippen LogP contribution in [0.5, 0.6) is 0 Å². The second kappa shape index (κ2) is 14.2. The summed E-state index contributed by atoms with van der Waals surface area (Å²) in [6, 6.07) is 8.48. The van der Waals surface area contributed by atoms with E-state index in [1.54, 1.807) is 24.3 Å². The summed E-state index contributed by atoms with van der Waals surface area (Å²) in [4.78, 5) is 50.9. The number of aryl methyl sites for hydroxylation is 2. The summed E-state index contributed by atoms with van der Waals surface area (Å²) in [6.45, 7) is 11.3. The van der Waals surface area contributed by atoms with Crippen LogP contribution in [-0.4, -0.2) is 46.0 Å². The van der Waals surface area contributed by atoms with Gasteiger partial charge in [-0.05, 0) is 61.8 Å². The van der Waals surface area contributed by atoms with Crippen LogP contribution in [0.2, 0.25) is 0 Å². The Morgan fingerprint density at radius 1 is 0.684 bits per heavy atom. The fraction of sp³-hybridized carbons (Fsp3) is 0.429. The fourth-order valence-corrected chi connectivity index (χ4v) is 6.72. The average Bonchev–Trinajstić information content (AvgIpc) is 2.82. The molecule has 10 heteroatoms. The first-order valence-corrected chi connectivity index (χ1v) is 14.6. The Balaban J connectivity index is 2.32. The van der Waals surface area contributed by atoms with Crippen molar-refractivity contribution in [3.05, 3.63) is 58.7 Å². The zero-order valence-electron chi connectivity index (χ0n) is 22.5. The highest BCUT2D eigenvalue weighted by atomic mass is 33.1. The second-order valence-corrected chi connectivity index (χ2v) is 12.2. The van der Waals surface area contributed by atoms with E-state index in [1.165, 1.54) is 21.6 Å². The molecule has 0 radical (unpaired) electrons. The van der Waals surface area contributed by atoms with E-state index in [2.05, 4.69) is 10.6 Å². The zero-order valence-corrected chi connectivity index (χ0v) is 24.2. The van der Waals surface area contributed by atoms with Crippen molar-refractivity contribution in [2.45, 2.75) is 76.3 Å². The molecular weight excluding hydrogens is 524 g/mol. The molecule has 4 N–H and O–H groups in total. The van der Waals surface area contributed by atoms with Gasteiger partial charge < -0.3 is 20.8 Å². The predicted octanol–water partition coefficient (Wildman–Crippen LogP) is 5.56. The first kappa shape index (κ1) is 31.2. The van der Waals surface area contributed by atoms with Crippen molar-refractivity contribution in [1.29, 1.82) is 0 Å². The normalized spacial score (nSPS) is 12.7. The highest BCUT2D eigenvalue weighted by Gasteiger charge is 2.26. The third-order valence-corrected chi connectivity index (χ3v) is 8.49. The van der Waals surface area contributed by atoms with Crippen LogP contribution >= 0.6 is 21.6 Å². The Morgan fingerprint density at radius 3 is 1.32 bits per heavy atom. The molecule has 2 rings (SSSR count). The van der Waals surface area contributed by atoms with Crippen LogP contribution in [0.25, 0.3) is 0 Å². The quantitative estimate of drug-likeness (QED) is 0.234. The molecular formula is C28H36N2O6S2. The molecule has 0 bridgehead atoms. The molecule has 0 saturated heterocycles. The summed E-state index contributed by atoms with van der Waals surface area (Å²) in [7, 11) is 2.60. The Morgan fingerprint density at radius 2 is 1.03 bits per heavy atom. The number of amides is 2. The van der Waals surface area contributed by atoms with Crippen LogP contribution in [0.15, 0.2) is 46.2 Å². The maximum absolute atomic E-state index is 13.1. The van der Waals surface area contributed by atoms with E-state index in [0.717, 1.165) is 11.1 Å². The van der Waals surface area contributed by atoms with E-state index in [0.29, 0.717) is 33.8 Å². The maximum Gasteiger partial charge on any atom is 0.326 e. The topological polar surface area (TPSA) is 133 Å². The molecule has 0 aliphatic heterocycles. The molecule has 2 aromatic carbocycles. The second-order valence-electron chi connectivity index (χ2n) is 10.1. The molecule has 38 heavy (non-hydrogen) atoms. The summed E-state index contributed by atoms with van der Waals surface area (Å²) >= 11 is 0. The minimum absolute atomic E-state index is 0.0881. The zero-order chi connectivity index (χ0) is 28.6. The first-order valence-electron chi connectivity index (χ1n) is 12.4. The molecule has 2 amide bonds. The third kappa shape index (κ3) is 8.80. The van der Waals surface area contributed by atoms with Gasteiger partial charge in [-0.1, -0.05) is 73.5 Å². The third-order valence-electron chi connectivity index (χ3n) is 5.74. The van der Waals surface area contributed by atoms with Gasteiger partial charge in [0, 0.05) is 9.79 Å². The summed E-state index contributed by atoms with van der Waals surface area (Å²) in [5.74, 6) is -2.96. The number of carbonyl (C=O) groups excluding carboxylic acids is 2. The summed E-state index contributed by atoms with van der Waals surface area (Å²) in [5.41, 5.74) is 2.35. The van der Waals surface area contributed by atoms with Crippen molar-refractivity contribution < 1.29 is 29.4 Å². The van der Waals surface area contributed by atoms with Gasteiger partial charge >= 0.3 is 11.9 Å². The van der Waals surface area contributed by atoms with E-state index < -0.39 is 35.8 Å². The van der Waals surface area contributed by atoms with E-state index in [4.69, 9.17) is 0 Å². The number of nitrogens with one attached hydrogen (secondary N) is 2. The van der Waals surface area contributed by atoms with Gasteiger partial charge in [-0.2, -0.15) is 0 Å². The molecule has 0 unspecified atom stereocenters. The van der Waals surface area contributed by atoms with E-state index in [-0.39, 0.29) is 11.8 Å². The van der Waals surface area contributed by atoms with Crippen molar-refractivity contribution in [2.75, 3.05) is 0 Å². The largest absolute Gasteiger partial charge is 0.480 e. The van der Waals surface area contributed by atoms with Crippen LogP contribution in [-0.2, 0) is 9.59 Å².